The number of rotatable bonds is 7. The highest BCUT2D eigenvalue weighted by Gasteiger charge is 2.17. The molecule has 2 aromatic rings. The summed E-state index contributed by atoms with van der Waals surface area (Å²) in [6.07, 6.45) is 12.1. The van der Waals surface area contributed by atoms with Crippen LogP contribution in [-0.2, 0) is 7.05 Å². The van der Waals surface area contributed by atoms with Crippen LogP contribution in [0.3, 0.4) is 0 Å². The highest BCUT2D eigenvalue weighted by molar-refractivity contribution is 6.13. The molecule has 0 atom stereocenters. The predicted molar refractivity (Wildman–Crippen MR) is 119 cm³/mol. The fourth-order valence-corrected chi connectivity index (χ4v) is 2.50. The number of hydrogen-bond acceptors (Lipinski definition) is 3. The molecule has 4 heteroatoms. The van der Waals surface area contributed by atoms with Crippen LogP contribution in [0.1, 0.15) is 43.7 Å². The Kier molecular flexibility index (Phi) is 8.76. The molecule has 0 amide bonds. The smallest absolute Gasteiger partial charge is 0.195 e. The lowest BCUT2D eigenvalue weighted by Crippen LogP contribution is -2.08. The summed E-state index contributed by atoms with van der Waals surface area (Å²) >= 11 is 0. The molecule has 146 valence electrons. The molecule has 0 aliphatic rings. The summed E-state index contributed by atoms with van der Waals surface area (Å²) in [6, 6.07) is 1.83. The Balaban J connectivity index is 0.00000190. The van der Waals surface area contributed by atoms with E-state index in [1.807, 2.05) is 47.0 Å². The van der Waals surface area contributed by atoms with Crippen molar-refractivity contribution < 1.29 is 4.79 Å². The SMILES string of the molecule is C=CC(C=C)=CC(C(=O)c1cc(-c2cnn(C)c2)cnc1C=C)=C(C)C.CC. The number of allylic oxidation sites excluding steroid dienone is 6. The average molecular weight is 376 g/mol. The Bertz CT molecular complexity index is 929. The van der Waals surface area contributed by atoms with Crippen molar-refractivity contribution in [2.24, 2.45) is 7.05 Å². The minimum atomic E-state index is -0.112. The van der Waals surface area contributed by atoms with Crippen molar-refractivity contribution in [3.8, 4) is 11.1 Å². The minimum absolute atomic E-state index is 0.112. The van der Waals surface area contributed by atoms with Gasteiger partial charge in [-0.15, -0.1) is 0 Å². The zero-order valence-electron chi connectivity index (χ0n) is 17.5. The van der Waals surface area contributed by atoms with Gasteiger partial charge in [0.25, 0.3) is 0 Å². The van der Waals surface area contributed by atoms with Gasteiger partial charge in [-0.2, -0.15) is 5.10 Å². The van der Waals surface area contributed by atoms with Gasteiger partial charge in [0.2, 0.25) is 0 Å². The molecule has 0 spiro atoms. The summed E-state index contributed by atoms with van der Waals surface area (Å²) in [4.78, 5) is 17.6. The van der Waals surface area contributed by atoms with Crippen LogP contribution in [0.2, 0.25) is 0 Å². The highest BCUT2D eigenvalue weighted by atomic mass is 16.1. The van der Waals surface area contributed by atoms with Crippen molar-refractivity contribution in [3.63, 3.8) is 0 Å². The van der Waals surface area contributed by atoms with Gasteiger partial charge < -0.3 is 0 Å². The molecule has 0 bridgehead atoms. The quantitative estimate of drug-likeness (QED) is 0.340. The zero-order chi connectivity index (χ0) is 21.3. The number of pyridine rings is 1. The molecular weight excluding hydrogens is 346 g/mol. The van der Waals surface area contributed by atoms with Crippen LogP contribution in [0.15, 0.2) is 79.3 Å². The van der Waals surface area contributed by atoms with Crippen LogP contribution < -0.4 is 0 Å². The molecule has 0 N–H and O–H groups in total. The number of carbonyl (C=O) groups excluding carboxylic acids is 1. The van der Waals surface area contributed by atoms with E-state index in [1.54, 1.807) is 41.4 Å². The third kappa shape index (κ3) is 5.36. The van der Waals surface area contributed by atoms with E-state index in [1.165, 1.54) is 0 Å². The summed E-state index contributed by atoms with van der Waals surface area (Å²) in [6.45, 7) is 19.1. The van der Waals surface area contributed by atoms with Crippen molar-refractivity contribution in [1.29, 1.82) is 0 Å². The molecule has 0 aliphatic heterocycles. The van der Waals surface area contributed by atoms with Crippen LogP contribution in [0, 0.1) is 0 Å². The van der Waals surface area contributed by atoms with Crippen LogP contribution in [0.4, 0.5) is 0 Å². The van der Waals surface area contributed by atoms with Gasteiger partial charge in [0.15, 0.2) is 5.78 Å². The van der Waals surface area contributed by atoms with Crippen LogP contribution in [-0.4, -0.2) is 20.5 Å². The van der Waals surface area contributed by atoms with Crippen molar-refractivity contribution in [2.45, 2.75) is 27.7 Å². The molecular formula is C24H29N3O. The van der Waals surface area contributed by atoms with Crippen molar-refractivity contribution >= 4 is 11.9 Å². The van der Waals surface area contributed by atoms with Crippen molar-refractivity contribution in [1.82, 2.24) is 14.8 Å². The molecule has 28 heavy (non-hydrogen) atoms. The van der Waals surface area contributed by atoms with E-state index in [9.17, 15) is 4.79 Å². The largest absolute Gasteiger partial charge is 0.289 e. The summed E-state index contributed by atoms with van der Waals surface area (Å²) < 4.78 is 1.71. The Morgan fingerprint density at radius 1 is 1.07 bits per heavy atom. The highest BCUT2D eigenvalue weighted by Crippen LogP contribution is 2.24. The first-order valence-electron chi connectivity index (χ1n) is 9.21. The Labute approximate surface area is 168 Å². The number of carbonyl (C=O) groups is 1. The normalized spacial score (nSPS) is 9.46. The molecule has 0 aliphatic carbocycles. The summed E-state index contributed by atoms with van der Waals surface area (Å²) in [5, 5.41) is 4.18. The van der Waals surface area contributed by atoms with Crippen molar-refractivity contribution in [2.75, 3.05) is 0 Å². The van der Waals surface area contributed by atoms with Gasteiger partial charge in [0.1, 0.15) is 0 Å². The van der Waals surface area contributed by atoms with Gasteiger partial charge in [-0.25, -0.2) is 0 Å². The number of hydrogen-bond donors (Lipinski definition) is 0. The van der Waals surface area contributed by atoms with E-state index < -0.39 is 0 Å². The average Bonchev–Trinajstić information content (AvgIpc) is 3.15. The topological polar surface area (TPSA) is 47.8 Å². The molecule has 0 fully saturated rings. The standard InChI is InChI=1S/C22H23N3O.C2H6/c1-7-16(8-2)10-19(15(4)5)22(26)20-11-17(12-23-21(20)9-3)18-13-24-25(6)14-18;1-2/h7-14H,1-3H2,4-6H3;1-2H3. The van der Waals surface area contributed by atoms with E-state index >= 15 is 0 Å². The number of aryl methyl sites for hydroxylation is 1. The van der Waals surface area contributed by atoms with E-state index in [0.717, 1.165) is 22.3 Å². The van der Waals surface area contributed by atoms with Gasteiger partial charge in [-0.1, -0.05) is 51.3 Å². The first kappa shape index (κ1) is 22.8. The van der Waals surface area contributed by atoms with Gasteiger partial charge in [0.05, 0.1) is 11.9 Å². The monoisotopic (exact) mass is 375 g/mol. The van der Waals surface area contributed by atoms with Crippen LogP contribution in [0.25, 0.3) is 17.2 Å². The number of ketones is 1. The molecule has 4 nitrogen and oxygen atoms in total. The Hall–Kier alpha value is -3.27. The molecule has 0 saturated carbocycles. The fourth-order valence-electron chi connectivity index (χ4n) is 2.50. The van der Waals surface area contributed by atoms with Gasteiger partial charge in [0, 0.05) is 41.7 Å². The van der Waals surface area contributed by atoms with Crippen LogP contribution in [0.5, 0.6) is 0 Å². The summed E-state index contributed by atoms with van der Waals surface area (Å²) in [5.74, 6) is -0.112. The molecule has 2 aromatic heterocycles. The van der Waals surface area contributed by atoms with Gasteiger partial charge in [-0.05, 0) is 37.6 Å². The van der Waals surface area contributed by atoms with E-state index in [4.69, 9.17) is 0 Å². The van der Waals surface area contributed by atoms with Crippen molar-refractivity contribution in [3.05, 3.63) is 90.6 Å². The first-order chi connectivity index (χ1) is 13.4. The lowest BCUT2D eigenvalue weighted by atomic mass is 9.94. The Morgan fingerprint density at radius 2 is 1.71 bits per heavy atom. The number of nitrogens with zero attached hydrogens (tertiary/aromatic N) is 3. The third-order valence-corrected chi connectivity index (χ3v) is 3.96. The van der Waals surface area contributed by atoms with E-state index in [0.29, 0.717) is 16.8 Å². The second kappa shape index (κ2) is 10.8. The predicted octanol–water partition coefficient (Wildman–Crippen LogP) is 5.97. The minimum Gasteiger partial charge on any atom is -0.289 e. The maximum absolute atomic E-state index is 13.2. The molecule has 2 heterocycles. The second-order valence-electron chi connectivity index (χ2n) is 6.06. The molecule has 0 saturated heterocycles. The van der Waals surface area contributed by atoms with Crippen LogP contribution >= 0.6 is 0 Å². The van der Waals surface area contributed by atoms with E-state index in [2.05, 4.69) is 29.8 Å². The fraction of sp³-hybridized carbons (Fsp3) is 0.208. The maximum atomic E-state index is 13.2. The van der Waals surface area contributed by atoms with Gasteiger partial charge in [-0.3, -0.25) is 14.5 Å². The summed E-state index contributed by atoms with van der Waals surface area (Å²) in [7, 11) is 1.85. The number of Topliss-reactive ketones (excluding diaryl/α,β-unsaturated/α-hetero) is 1. The molecule has 0 radical (unpaired) electrons. The zero-order valence-corrected chi connectivity index (χ0v) is 17.5. The lowest BCUT2D eigenvalue weighted by Gasteiger charge is -2.10. The number of aromatic nitrogens is 3. The molecule has 0 aromatic carbocycles. The maximum Gasteiger partial charge on any atom is 0.195 e. The third-order valence-electron chi connectivity index (χ3n) is 3.96. The van der Waals surface area contributed by atoms with E-state index in [-0.39, 0.29) is 5.78 Å². The Morgan fingerprint density at radius 3 is 2.18 bits per heavy atom. The lowest BCUT2D eigenvalue weighted by molar-refractivity contribution is 0.103. The van der Waals surface area contributed by atoms with Gasteiger partial charge >= 0.3 is 0 Å². The first-order valence-corrected chi connectivity index (χ1v) is 9.21. The second-order valence-corrected chi connectivity index (χ2v) is 6.06. The summed E-state index contributed by atoms with van der Waals surface area (Å²) in [5.41, 5.74) is 5.06. The molecule has 2 rings (SSSR count). The molecule has 0 unspecified atom stereocenters.